The molecule has 2 rings (SSSR count). The standard InChI is InChI=1S/C14H20N2O/c1-8-5-6-13-12(7-8)14(15)9(2)10(3)16(13)11(4)17/h5-7,9-10,14H,15H2,1-4H3/t9?,10-,14+/m0/s1. The van der Waals surface area contributed by atoms with Gasteiger partial charge >= 0.3 is 0 Å². The van der Waals surface area contributed by atoms with Gasteiger partial charge in [-0.3, -0.25) is 4.79 Å². The fourth-order valence-electron chi connectivity index (χ4n) is 2.65. The number of hydrogen-bond donors (Lipinski definition) is 1. The molecule has 1 aliphatic heterocycles. The normalized spacial score (nSPS) is 27.8. The average Bonchev–Trinajstić information content (AvgIpc) is 2.27. The van der Waals surface area contributed by atoms with Crippen LogP contribution < -0.4 is 10.6 Å². The molecular weight excluding hydrogens is 212 g/mol. The third-order valence-corrected chi connectivity index (χ3v) is 3.88. The van der Waals surface area contributed by atoms with Gasteiger partial charge in [0.15, 0.2) is 0 Å². The molecule has 3 heteroatoms. The number of nitrogens with two attached hydrogens (primary N) is 1. The molecule has 0 bridgehead atoms. The molecular formula is C14H20N2O. The van der Waals surface area contributed by atoms with Gasteiger partial charge in [0.1, 0.15) is 0 Å². The van der Waals surface area contributed by atoms with Crippen molar-refractivity contribution in [2.75, 3.05) is 4.90 Å². The number of carbonyl (C=O) groups is 1. The van der Waals surface area contributed by atoms with E-state index in [0.717, 1.165) is 11.3 Å². The van der Waals surface area contributed by atoms with Crippen molar-refractivity contribution >= 4 is 11.6 Å². The first-order valence-electron chi connectivity index (χ1n) is 6.09. The molecule has 0 radical (unpaired) electrons. The molecule has 1 heterocycles. The van der Waals surface area contributed by atoms with Gasteiger partial charge in [0.2, 0.25) is 5.91 Å². The lowest BCUT2D eigenvalue weighted by Crippen LogP contribution is -2.48. The molecule has 1 aromatic carbocycles. The summed E-state index contributed by atoms with van der Waals surface area (Å²) in [5.74, 6) is 0.356. The number of aryl methyl sites for hydroxylation is 1. The van der Waals surface area contributed by atoms with Gasteiger partial charge in [-0.1, -0.05) is 24.6 Å². The van der Waals surface area contributed by atoms with Crippen LogP contribution in [-0.2, 0) is 4.79 Å². The summed E-state index contributed by atoms with van der Waals surface area (Å²) >= 11 is 0. The van der Waals surface area contributed by atoms with Gasteiger partial charge in [0, 0.05) is 24.7 Å². The van der Waals surface area contributed by atoms with Crippen molar-refractivity contribution < 1.29 is 4.79 Å². The highest BCUT2D eigenvalue weighted by atomic mass is 16.2. The highest BCUT2D eigenvalue weighted by molar-refractivity contribution is 5.93. The van der Waals surface area contributed by atoms with Gasteiger partial charge in [-0.2, -0.15) is 0 Å². The van der Waals surface area contributed by atoms with Crippen LogP contribution in [0.15, 0.2) is 18.2 Å². The average molecular weight is 232 g/mol. The Hall–Kier alpha value is -1.35. The molecule has 1 amide bonds. The zero-order chi connectivity index (χ0) is 12.7. The van der Waals surface area contributed by atoms with Gasteiger partial charge in [-0.25, -0.2) is 0 Å². The van der Waals surface area contributed by atoms with Gasteiger partial charge in [-0.05, 0) is 31.4 Å². The first-order chi connectivity index (χ1) is 7.93. The molecule has 0 spiro atoms. The van der Waals surface area contributed by atoms with Gasteiger partial charge in [0.25, 0.3) is 0 Å². The lowest BCUT2D eigenvalue weighted by atomic mass is 9.83. The molecule has 92 valence electrons. The summed E-state index contributed by atoms with van der Waals surface area (Å²) in [6.45, 7) is 7.84. The molecule has 0 saturated heterocycles. The number of amides is 1. The topological polar surface area (TPSA) is 46.3 Å². The molecule has 3 nitrogen and oxygen atoms in total. The molecule has 1 unspecified atom stereocenters. The monoisotopic (exact) mass is 232 g/mol. The van der Waals surface area contributed by atoms with Crippen LogP contribution >= 0.6 is 0 Å². The van der Waals surface area contributed by atoms with Crippen molar-refractivity contribution in [3.63, 3.8) is 0 Å². The fraction of sp³-hybridized carbons (Fsp3) is 0.500. The van der Waals surface area contributed by atoms with Crippen LogP contribution in [-0.4, -0.2) is 11.9 Å². The third kappa shape index (κ3) is 1.84. The molecule has 2 N–H and O–H groups in total. The van der Waals surface area contributed by atoms with Gasteiger partial charge in [0.05, 0.1) is 0 Å². The largest absolute Gasteiger partial charge is 0.324 e. The van der Waals surface area contributed by atoms with E-state index in [0.29, 0.717) is 0 Å². The Balaban J connectivity index is 2.60. The quantitative estimate of drug-likeness (QED) is 0.746. The van der Waals surface area contributed by atoms with Crippen LogP contribution in [0.2, 0.25) is 0 Å². The molecule has 17 heavy (non-hydrogen) atoms. The van der Waals surface area contributed by atoms with E-state index in [4.69, 9.17) is 5.73 Å². The van der Waals surface area contributed by atoms with E-state index in [1.165, 1.54) is 5.56 Å². The van der Waals surface area contributed by atoms with Gasteiger partial charge in [-0.15, -0.1) is 0 Å². The number of hydrogen-bond acceptors (Lipinski definition) is 2. The second-order valence-electron chi connectivity index (χ2n) is 5.08. The maximum absolute atomic E-state index is 11.8. The Bertz CT molecular complexity index is 456. The van der Waals surface area contributed by atoms with Crippen LogP contribution in [0.4, 0.5) is 5.69 Å². The summed E-state index contributed by atoms with van der Waals surface area (Å²) in [5, 5.41) is 0. The summed E-state index contributed by atoms with van der Waals surface area (Å²) < 4.78 is 0. The number of rotatable bonds is 0. The van der Waals surface area contributed by atoms with Crippen molar-refractivity contribution in [2.24, 2.45) is 11.7 Å². The Labute approximate surface area is 103 Å². The summed E-state index contributed by atoms with van der Waals surface area (Å²) in [6.07, 6.45) is 0. The summed E-state index contributed by atoms with van der Waals surface area (Å²) in [6, 6.07) is 6.30. The van der Waals surface area contributed by atoms with Crippen LogP contribution in [0, 0.1) is 12.8 Å². The Morgan fingerprint density at radius 1 is 1.35 bits per heavy atom. The van der Waals surface area contributed by atoms with Crippen LogP contribution in [0.1, 0.15) is 37.9 Å². The predicted molar refractivity (Wildman–Crippen MR) is 69.9 cm³/mol. The second kappa shape index (κ2) is 4.15. The number of anilines is 1. The molecule has 0 aromatic heterocycles. The van der Waals surface area contributed by atoms with E-state index in [1.807, 2.05) is 24.0 Å². The van der Waals surface area contributed by atoms with Gasteiger partial charge < -0.3 is 10.6 Å². The van der Waals surface area contributed by atoms with Crippen molar-refractivity contribution in [3.8, 4) is 0 Å². The van der Waals surface area contributed by atoms with E-state index in [2.05, 4.69) is 19.9 Å². The van der Waals surface area contributed by atoms with Crippen molar-refractivity contribution in [1.82, 2.24) is 0 Å². The van der Waals surface area contributed by atoms with Crippen LogP contribution in [0.3, 0.4) is 0 Å². The number of carbonyl (C=O) groups excluding carboxylic acids is 1. The summed E-state index contributed by atoms with van der Waals surface area (Å²) in [5.41, 5.74) is 9.52. The Morgan fingerprint density at radius 3 is 2.59 bits per heavy atom. The smallest absolute Gasteiger partial charge is 0.224 e. The summed E-state index contributed by atoms with van der Waals surface area (Å²) in [4.78, 5) is 13.7. The fourth-order valence-corrected chi connectivity index (χ4v) is 2.65. The third-order valence-electron chi connectivity index (χ3n) is 3.88. The van der Waals surface area contributed by atoms with E-state index in [9.17, 15) is 4.79 Å². The lowest BCUT2D eigenvalue weighted by molar-refractivity contribution is -0.117. The zero-order valence-electron chi connectivity index (χ0n) is 10.9. The lowest BCUT2D eigenvalue weighted by Gasteiger charge is -2.42. The first kappa shape index (κ1) is 12.1. The maximum atomic E-state index is 11.8. The number of nitrogens with zero attached hydrogens (tertiary/aromatic N) is 1. The first-order valence-corrected chi connectivity index (χ1v) is 6.09. The minimum absolute atomic E-state index is 0.00972. The Morgan fingerprint density at radius 2 is 2.00 bits per heavy atom. The van der Waals surface area contributed by atoms with Crippen molar-refractivity contribution in [2.45, 2.75) is 39.8 Å². The molecule has 1 aromatic rings. The second-order valence-corrected chi connectivity index (χ2v) is 5.08. The van der Waals surface area contributed by atoms with Crippen molar-refractivity contribution in [3.05, 3.63) is 29.3 Å². The maximum Gasteiger partial charge on any atom is 0.224 e. The predicted octanol–water partition coefficient (Wildman–Crippen LogP) is 2.39. The molecule has 0 saturated carbocycles. The molecule has 0 aliphatic carbocycles. The SMILES string of the molecule is CC(=O)N1c2ccc(C)cc2[C@H](N)C(C)[C@@H]1C. The van der Waals surface area contributed by atoms with E-state index in [-0.39, 0.29) is 23.9 Å². The van der Waals surface area contributed by atoms with E-state index >= 15 is 0 Å². The van der Waals surface area contributed by atoms with Crippen LogP contribution in [0.5, 0.6) is 0 Å². The Kier molecular flexibility index (Phi) is 2.96. The van der Waals surface area contributed by atoms with E-state index < -0.39 is 0 Å². The highest BCUT2D eigenvalue weighted by Gasteiger charge is 2.35. The molecule has 0 fully saturated rings. The highest BCUT2D eigenvalue weighted by Crippen LogP contribution is 2.39. The minimum atomic E-state index is 0.00972. The minimum Gasteiger partial charge on any atom is -0.324 e. The number of fused-ring (bicyclic) bond motifs is 1. The zero-order valence-corrected chi connectivity index (χ0v) is 10.9. The molecule has 1 aliphatic rings. The van der Waals surface area contributed by atoms with Crippen LogP contribution in [0.25, 0.3) is 0 Å². The molecule has 3 atom stereocenters. The van der Waals surface area contributed by atoms with E-state index in [1.54, 1.807) is 6.92 Å². The van der Waals surface area contributed by atoms with Crippen molar-refractivity contribution in [1.29, 1.82) is 0 Å². The number of benzene rings is 1. The summed E-state index contributed by atoms with van der Waals surface area (Å²) in [7, 11) is 0.